The second-order valence-electron chi connectivity index (χ2n) is 6.16. The van der Waals surface area contributed by atoms with Crippen LogP contribution in [0.1, 0.15) is 37.4 Å². The molecule has 1 N–H and O–H groups in total. The van der Waals surface area contributed by atoms with E-state index in [-0.39, 0.29) is 16.7 Å². The molecule has 2 aliphatic rings. The molecule has 1 aliphatic heterocycles. The van der Waals surface area contributed by atoms with Gasteiger partial charge in [-0.2, -0.15) is 0 Å². The Bertz CT molecular complexity index is 653. The molecule has 1 unspecified atom stereocenters. The van der Waals surface area contributed by atoms with Crippen molar-refractivity contribution in [2.45, 2.75) is 32.7 Å². The lowest BCUT2D eigenvalue weighted by Gasteiger charge is -2.26. The normalized spacial score (nSPS) is 20.0. The lowest BCUT2D eigenvalue weighted by Crippen LogP contribution is -2.30. The molecule has 0 fully saturated rings. The molecule has 0 spiro atoms. The summed E-state index contributed by atoms with van der Waals surface area (Å²) in [6.45, 7) is 6.63. The fourth-order valence-corrected chi connectivity index (χ4v) is 3.74. The Morgan fingerprint density at radius 1 is 1.59 bits per heavy atom. The smallest absolute Gasteiger partial charge is 0.294 e. The van der Waals surface area contributed by atoms with E-state index in [9.17, 15) is 10.1 Å². The predicted octanol–water partition coefficient (Wildman–Crippen LogP) is 3.93. The van der Waals surface area contributed by atoms with Gasteiger partial charge in [-0.15, -0.1) is 0 Å². The van der Waals surface area contributed by atoms with Gasteiger partial charge in [0.2, 0.25) is 0 Å². The first-order valence-corrected chi connectivity index (χ1v) is 7.97. The summed E-state index contributed by atoms with van der Waals surface area (Å²) >= 11 is 6.30. The molecule has 0 bridgehead atoms. The van der Waals surface area contributed by atoms with Crippen LogP contribution >= 0.6 is 11.6 Å². The van der Waals surface area contributed by atoms with Crippen molar-refractivity contribution < 1.29 is 4.92 Å². The second kappa shape index (κ2) is 5.89. The average molecular weight is 322 g/mol. The zero-order chi connectivity index (χ0) is 15.9. The predicted molar refractivity (Wildman–Crippen MR) is 88.7 cm³/mol. The van der Waals surface area contributed by atoms with Crippen molar-refractivity contribution in [3.8, 4) is 0 Å². The van der Waals surface area contributed by atoms with Crippen molar-refractivity contribution in [1.82, 2.24) is 4.90 Å². The topological polar surface area (TPSA) is 58.4 Å². The first kappa shape index (κ1) is 15.3. The fraction of sp³-hybridized carbons (Fsp3) is 0.500. The highest BCUT2D eigenvalue weighted by Crippen LogP contribution is 2.48. The van der Waals surface area contributed by atoms with Gasteiger partial charge in [-0.05, 0) is 32.3 Å². The average Bonchev–Trinajstić information content (AvgIpc) is 2.81. The second-order valence-corrected chi connectivity index (χ2v) is 6.57. The van der Waals surface area contributed by atoms with Crippen molar-refractivity contribution >= 4 is 23.0 Å². The van der Waals surface area contributed by atoms with E-state index in [0.29, 0.717) is 17.3 Å². The number of nitro groups is 1. The summed E-state index contributed by atoms with van der Waals surface area (Å²) in [6, 6.07) is 1.71. The third kappa shape index (κ3) is 2.59. The highest BCUT2D eigenvalue weighted by atomic mass is 35.5. The molecule has 5 nitrogen and oxygen atoms in total. The highest BCUT2D eigenvalue weighted by molar-refractivity contribution is 6.32. The van der Waals surface area contributed by atoms with Gasteiger partial charge in [0.15, 0.2) is 0 Å². The molecule has 1 heterocycles. The summed E-state index contributed by atoms with van der Waals surface area (Å²) in [5.41, 5.74) is 4.17. The monoisotopic (exact) mass is 321 g/mol. The molecular formula is C16H20ClN3O2. The Kier molecular flexibility index (Phi) is 4.10. The van der Waals surface area contributed by atoms with Gasteiger partial charge in [-0.1, -0.05) is 23.3 Å². The first-order valence-electron chi connectivity index (χ1n) is 7.60. The number of rotatable bonds is 3. The Balaban J connectivity index is 2.07. The van der Waals surface area contributed by atoms with Crippen molar-refractivity contribution in [2.75, 3.05) is 25.0 Å². The van der Waals surface area contributed by atoms with Crippen LogP contribution in [0.2, 0.25) is 5.02 Å². The zero-order valence-corrected chi connectivity index (χ0v) is 13.6. The Labute approximate surface area is 135 Å². The van der Waals surface area contributed by atoms with Gasteiger partial charge in [0.25, 0.3) is 5.69 Å². The largest absolute Gasteiger partial charge is 0.378 e. The SMILES string of the molecule is CC(C)=CCN1CCNc2c([N+](=O)[O-])cc(Cl)c3c2C1CC3. The number of hydrogen-bond acceptors (Lipinski definition) is 4. The quantitative estimate of drug-likeness (QED) is 0.520. The van der Waals surface area contributed by atoms with E-state index in [4.69, 9.17) is 11.6 Å². The van der Waals surface area contributed by atoms with E-state index in [1.165, 1.54) is 11.6 Å². The zero-order valence-electron chi connectivity index (χ0n) is 12.9. The minimum atomic E-state index is -0.338. The molecule has 3 rings (SSSR count). The lowest BCUT2D eigenvalue weighted by atomic mass is 10.0. The van der Waals surface area contributed by atoms with Crippen LogP contribution in [0.5, 0.6) is 0 Å². The van der Waals surface area contributed by atoms with Gasteiger partial charge < -0.3 is 5.32 Å². The van der Waals surface area contributed by atoms with Crippen LogP contribution in [-0.4, -0.2) is 29.5 Å². The van der Waals surface area contributed by atoms with Gasteiger partial charge in [0.05, 0.1) is 9.95 Å². The minimum absolute atomic E-state index is 0.0970. The maximum Gasteiger partial charge on any atom is 0.294 e. The van der Waals surface area contributed by atoms with Crippen molar-refractivity contribution in [1.29, 1.82) is 0 Å². The van der Waals surface area contributed by atoms with E-state index in [0.717, 1.165) is 37.1 Å². The summed E-state index contributed by atoms with van der Waals surface area (Å²) in [5.74, 6) is 0. The molecule has 0 saturated carbocycles. The molecule has 6 heteroatoms. The maximum absolute atomic E-state index is 11.4. The number of nitrogens with one attached hydrogen (secondary N) is 1. The number of nitrogens with zero attached hydrogens (tertiary/aromatic N) is 2. The van der Waals surface area contributed by atoms with Gasteiger partial charge in [0, 0.05) is 37.3 Å². The third-order valence-corrected chi connectivity index (χ3v) is 4.81. The molecule has 0 radical (unpaired) electrons. The van der Waals surface area contributed by atoms with Crippen LogP contribution in [0.25, 0.3) is 0 Å². The molecular weight excluding hydrogens is 302 g/mol. The van der Waals surface area contributed by atoms with Crippen LogP contribution in [0.3, 0.4) is 0 Å². The minimum Gasteiger partial charge on any atom is -0.378 e. The Morgan fingerprint density at radius 2 is 2.36 bits per heavy atom. The first-order chi connectivity index (χ1) is 10.5. The number of allylic oxidation sites excluding steroid dienone is 1. The van der Waals surface area contributed by atoms with E-state index in [1.807, 2.05) is 0 Å². The van der Waals surface area contributed by atoms with Crippen LogP contribution < -0.4 is 5.32 Å². The molecule has 1 aliphatic carbocycles. The Morgan fingerprint density at radius 3 is 3.05 bits per heavy atom. The van der Waals surface area contributed by atoms with E-state index >= 15 is 0 Å². The lowest BCUT2D eigenvalue weighted by molar-refractivity contribution is -0.384. The van der Waals surface area contributed by atoms with Crippen LogP contribution in [-0.2, 0) is 6.42 Å². The summed E-state index contributed by atoms with van der Waals surface area (Å²) in [4.78, 5) is 13.4. The van der Waals surface area contributed by atoms with Crippen LogP contribution in [0, 0.1) is 10.1 Å². The molecule has 1 aromatic carbocycles. The van der Waals surface area contributed by atoms with Crippen LogP contribution in [0.4, 0.5) is 11.4 Å². The standard InChI is InChI=1S/C16H20ClN3O2/c1-10(2)5-7-19-8-6-18-16-14(20(21)22)9-12(17)11-3-4-13(19)15(11)16/h5,9,13,18H,3-4,6-8H2,1-2H3. The molecule has 0 amide bonds. The van der Waals surface area contributed by atoms with Crippen LogP contribution in [0.15, 0.2) is 17.7 Å². The number of halogens is 1. The molecule has 1 atom stereocenters. The van der Waals surface area contributed by atoms with Gasteiger partial charge in [0.1, 0.15) is 5.69 Å². The molecule has 1 aromatic rings. The summed E-state index contributed by atoms with van der Waals surface area (Å²) < 4.78 is 0. The van der Waals surface area contributed by atoms with Gasteiger partial charge in [-0.3, -0.25) is 15.0 Å². The van der Waals surface area contributed by atoms with E-state index < -0.39 is 0 Å². The van der Waals surface area contributed by atoms with Crippen molar-refractivity contribution in [3.63, 3.8) is 0 Å². The molecule has 0 aromatic heterocycles. The maximum atomic E-state index is 11.4. The number of hydrogen-bond donors (Lipinski definition) is 1. The Hall–Kier alpha value is -1.59. The van der Waals surface area contributed by atoms with Crippen molar-refractivity contribution in [3.05, 3.63) is 44.0 Å². The highest BCUT2D eigenvalue weighted by Gasteiger charge is 2.37. The number of anilines is 1. The van der Waals surface area contributed by atoms with E-state index in [1.54, 1.807) is 0 Å². The molecule has 118 valence electrons. The van der Waals surface area contributed by atoms with Gasteiger partial charge >= 0.3 is 0 Å². The molecule has 22 heavy (non-hydrogen) atoms. The summed E-state index contributed by atoms with van der Waals surface area (Å²) in [5, 5.41) is 15.2. The number of nitro benzene ring substituents is 1. The summed E-state index contributed by atoms with van der Waals surface area (Å²) in [7, 11) is 0. The van der Waals surface area contributed by atoms with E-state index in [2.05, 4.69) is 30.1 Å². The number of benzene rings is 1. The van der Waals surface area contributed by atoms with Gasteiger partial charge in [-0.25, -0.2) is 0 Å². The molecule has 0 saturated heterocycles. The van der Waals surface area contributed by atoms with Crippen molar-refractivity contribution in [2.24, 2.45) is 0 Å². The third-order valence-electron chi connectivity index (χ3n) is 4.48. The fourth-order valence-electron chi connectivity index (χ4n) is 3.44. The summed E-state index contributed by atoms with van der Waals surface area (Å²) in [6.07, 6.45) is 4.07.